The quantitative estimate of drug-likeness (QED) is 0.723. The van der Waals surface area contributed by atoms with Gasteiger partial charge in [-0.3, -0.25) is 0 Å². The molecule has 4 nitrogen and oxygen atoms in total. The fraction of sp³-hybridized carbons (Fsp3) is 0.250. The van der Waals surface area contributed by atoms with Gasteiger partial charge in [0.05, 0.1) is 5.56 Å². The van der Waals surface area contributed by atoms with E-state index in [0.29, 0.717) is 15.9 Å². The standard InChI is InChI=1S/C12H8F2N4S/c13-7-2-1-3-8(14)9(7)11-17-18-10(6-4-5-6)15-16-12(18)19-11/h1-3,6H,4-5H2. The number of fused-ring (bicyclic) bond motifs is 1. The minimum Gasteiger partial charge on any atom is -0.206 e. The molecule has 0 N–H and O–H groups in total. The van der Waals surface area contributed by atoms with Crippen LogP contribution in [0.5, 0.6) is 0 Å². The monoisotopic (exact) mass is 278 g/mol. The molecule has 7 heteroatoms. The van der Waals surface area contributed by atoms with E-state index in [1.807, 2.05) is 0 Å². The molecule has 0 saturated heterocycles. The molecule has 3 aromatic rings. The van der Waals surface area contributed by atoms with Gasteiger partial charge in [0, 0.05) is 5.92 Å². The Labute approximate surface area is 110 Å². The van der Waals surface area contributed by atoms with E-state index in [1.54, 1.807) is 4.52 Å². The first-order chi connectivity index (χ1) is 9.24. The highest BCUT2D eigenvalue weighted by Crippen LogP contribution is 2.40. The van der Waals surface area contributed by atoms with Crippen LogP contribution in [0.4, 0.5) is 8.78 Å². The molecule has 19 heavy (non-hydrogen) atoms. The van der Waals surface area contributed by atoms with Gasteiger partial charge in [0.15, 0.2) is 10.8 Å². The molecule has 0 unspecified atom stereocenters. The lowest BCUT2D eigenvalue weighted by atomic mass is 10.2. The van der Waals surface area contributed by atoms with Crippen molar-refractivity contribution in [2.75, 3.05) is 0 Å². The molecule has 4 rings (SSSR count). The molecule has 2 aromatic heterocycles. The Morgan fingerprint density at radius 1 is 1.16 bits per heavy atom. The second-order valence-electron chi connectivity index (χ2n) is 4.53. The van der Waals surface area contributed by atoms with Crippen molar-refractivity contribution in [3.63, 3.8) is 0 Å². The van der Waals surface area contributed by atoms with Crippen LogP contribution in [-0.2, 0) is 0 Å². The van der Waals surface area contributed by atoms with Gasteiger partial charge in [-0.15, -0.1) is 10.2 Å². The summed E-state index contributed by atoms with van der Waals surface area (Å²) in [6.07, 6.45) is 2.14. The molecule has 1 aliphatic carbocycles. The van der Waals surface area contributed by atoms with Crippen molar-refractivity contribution in [3.05, 3.63) is 35.7 Å². The molecule has 0 amide bonds. The summed E-state index contributed by atoms with van der Waals surface area (Å²) in [6.45, 7) is 0. The van der Waals surface area contributed by atoms with Crippen LogP contribution in [-0.4, -0.2) is 19.8 Å². The zero-order chi connectivity index (χ0) is 13.0. The highest BCUT2D eigenvalue weighted by molar-refractivity contribution is 7.19. The van der Waals surface area contributed by atoms with E-state index >= 15 is 0 Å². The molecule has 0 bridgehead atoms. The Bertz CT molecular complexity index is 755. The zero-order valence-corrected chi connectivity index (χ0v) is 10.5. The number of hydrogen-bond donors (Lipinski definition) is 0. The van der Waals surface area contributed by atoms with E-state index in [1.165, 1.54) is 18.2 Å². The number of rotatable bonds is 2. The van der Waals surface area contributed by atoms with Crippen molar-refractivity contribution in [1.82, 2.24) is 19.8 Å². The van der Waals surface area contributed by atoms with Crippen molar-refractivity contribution < 1.29 is 8.78 Å². The highest BCUT2D eigenvalue weighted by atomic mass is 32.1. The van der Waals surface area contributed by atoms with Crippen LogP contribution in [0.15, 0.2) is 18.2 Å². The molecule has 1 fully saturated rings. The van der Waals surface area contributed by atoms with Crippen LogP contribution in [0.25, 0.3) is 15.5 Å². The zero-order valence-electron chi connectivity index (χ0n) is 9.68. The summed E-state index contributed by atoms with van der Waals surface area (Å²) in [5, 5.41) is 12.6. The maximum Gasteiger partial charge on any atom is 0.234 e. The van der Waals surface area contributed by atoms with Crippen LogP contribution in [0.3, 0.4) is 0 Å². The summed E-state index contributed by atoms with van der Waals surface area (Å²) >= 11 is 1.14. The third-order valence-corrected chi connectivity index (χ3v) is 4.05. The van der Waals surface area contributed by atoms with Crippen LogP contribution < -0.4 is 0 Å². The lowest BCUT2D eigenvalue weighted by molar-refractivity contribution is 0.588. The summed E-state index contributed by atoms with van der Waals surface area (Å²) in [5.41, 5.74) is -0.0975. The Balaban J connectivity index is 1.91. The van der Waals surface area contributed by atoms with Crippen molar-refractivity contribution in [1.29, 1.82) is 0 Å². The average molecular weight is 278 g/mol. The Morgan fingerprint density at radius 3 is 2.58 bits per heavy atom. The lowest BCUT2D eigenvalue weighted by Crippen LogP contribution is -1.95. The average Bonchev–Trinajstić information content (AvgIpc) is 3.00. The van der Waals surface area contributed by atoms with Crippen molar-refractivity contribution in [3.8, 4) is 10.6 Å². The second kappa shape index (κ2) is 3.80. The molecule has 0 aliphatic heterocycles. The van der Waals surface area contributed by atoms with Crippen LogP contribution >= 0.6 is 11.3 Å². The maximum atomic E-state index is 13.7. The van der Waals surface area contributed by atoms with E-state index in [-0.39, 0.29) is 5.56 Å². The lowest BCUT2D eigenvalue weighted by Gasteiger charge is -1.99. The van der Waals surface area contributed by atoms with Crippen molar-refractivity contribution in [2.24, 2.45) is 0 Å². The van der Waals surface area contributed by atoms with Gasteiger partial charge in [0.25, 0.3) is 0 Å². The predicted molar refractivity (Wildman–Crippen MR) is 66.0 cm³/mol. The van der Waals surface area contributed by atoms with Gasteiger partial charge in [-0.2, -0.15) is 9.61 Å². The Morgan fingerprint density at radius 2 is 1.89 bits per heavy atom. The van der Waals surface area contributed by atoms with E-state index in [9.17, 15) is 8.78 Å². The molecule has 96 valence electrons. The topological polar surface area (TPSA) is 43.1 Å². The fourth-order valence-electron chi connectivity index (χ4n) is 2.03. The number of halogens is 2. The van der Waals surface area contributed by atoms with Gasteiger partial charge in [0.1, 0.15) is 11.6 Å². The summed E-state index contributed by atoms with van der Waals surface area (Å²) in [5.74, 6) is -0.0551. The van der Waals surface area contributed by atoms with Crippen LogP contribution in [0, 0.1) is 11.6 Å². The molecular weight excluding hydrogens is 270 g/mol. The predicted octanol–water partition coefficient (Wildman–Crippen LogP) is 3.01. The Hall–Kier alpha value is -1.89. The number of aromatic nitrogens is 4. The molecule has 1 aliphatic rings. The third kappa shape index (κ3) is 1.65. The SMILES string of the molecule is Fc1cccc(F)c1-c1nn2c(C3CC3)nnc2s1. The molecule has 0 radical (unpaired) electrons. The second-order valence-corrected chi connectivity index (χ2v) is 5.49. The van der Waals surface area contributed by atoms with Gasteiger partial charge in [-0.05, 0) is 25.0 Å². The summed E-state index contributed by atoms with van der Waals surface area (Å²) in [4.78, 5) is 0.569. The first-order valence-electron chi connectivity index (χ1n) is 5.90. The maximum absolute atomic E-state index is 13.7. The van der Waals surface area contributed by atoms with E-state index in [0.717, 1.165) is 30.0 Å². The summed E-state index contributed by atoms with van der Waals surface area (Å²) in [7, 11) is 0. The van der Waals surface area contributed by atoms with Crippen molar-refractivity contribution >= 4 is 16.3 Å². The first-order valence-corrected chi connectivity index (χ1v) is 6.72. The van der Waals surface area contributed by atoms with E-state index < -0.39 is 11.6 Å². The smallest absolute Gasteiger partial charge is 0.206 e. The van der Waals surface area contributed by atoms with E-state index in [2.05, 4.69) is 15.3 Å². The van der Waals surface area contributed by atoms with Crippen LogP contribution in [0.1, 0.15) is 24.6 Å². The number of hydrogen-bond acceptors (Lipinski definition) is 4. The third-order valence-electron chi connectivity index (χ3n) is 3.13. The fourth-order valence-corrected chi connectivity index (χ4v) is 2.93. The van der Waals surface area contributed by atoms with Crippen LogP contribution in [0.2, 0.25) is 0 Å². The van der Waals surface area contributed by atoms with Gasteiger partial charge in [-0.1, -0.05) is 17.4 Å². The number of benzene rings is 1. The van der Waals surface area contributed by atoms with Gasteiger partial charge in [-0.25, -0.2) is 8.78 Å². The normalized spacial score (nSPS) is 15.3. The molecule has 0 spiro atoms. The first kappa shape index (κ1) is 11.0. The highest BCUT2D eigenvalue weighted by Gasteiger charge is 2.30. The summed E-state index contributed by atoms with van der Waals surface area (Å²) < 4.78 is 29.0. The molecule has 2 heterocycles. The largest absolute Gasteiger partial charge is 0.234 e. The van der Waals surface area contributed by atoms with Gasteiger partial charge >= 0.3 is 0 Å². The van der Waals surface area contributed by atoms with Gasteiger partial charge in [0.2, 0.25) is 4.96 Å². The number of nitrogens with zero attached hydrogens (tertiary/aromatic N) is 4. The van der Waals surface area contributed by atoms with E-state index in [4.69, 9.17) is 0 Å². The molecule has 0 atom stereocenters. The van der Waals surface area contributed by atoms with Crippen molar-refractivity contribution in [2.45, 2.75) is 18.8 Å². The minimum atomic E-state index is -0.613. The van der Waals surface area contributed by atoms with Gasteiger partial charge < -0.3 is 0 Å². The minimum absolute atomic E-state index is 0.0975. The molecule has 1 saturated carbocycles. The Kier molecular flexibility index (Phi) is 2.20. The molecule has 1 aromatic carbocycles. The molecular formula is C12H8F2N4S. The summed E-state index contributed by atoms with van der Waals surface area (Å²) in [6, 6.07) is 3.79.